The summed E-state index contributed by atoms with van der Waals surface area (Å²) in [5, 5.41) is 0.654. The van der Waals surface area contributed by atoms with Gasteiger partial charge in [-0.05, 0) is 17.7 Å². The van der Waals surface area contributed by atoms with Crippen molar-refractivity contribution in [1.29, 1.82) is 0 Å². The highest BCUT2D eigenvalue weighted by Crippen LogP contribution is 2.34. The fraction of sp³-hybridized carbons (Fsp3) is 0.267. The summed E-state index contributed by atoms with van der Waals surface area (Å²) >= 11 is 5.90. The number of halogens is 1. The summed E-state index contributed by atoms with van der Waals surface area (Å²) in [7, 11) is 0. The van der Waals surface area contributed by atoms with Crippen molar-refractivity contribution in [1.82, 2.24) is 0 Å². The van der Waals surface area contributed by atoms with Crippen LogP contribution in [0.1, 0.15) is 18.9 Å². The second kappa shape index (κ2) is 5.09. The molecule has 18 heavy (non-hydrogen) atoms. The summed E-state index contributed by atoms with van der Waals surface area (Å²) in [5.41, 5.74) is 6.31. The van der Waals surface area contributed by atoms with E-state index in [0.717, 1.165) is 5.56 Å². The Bertz CT molecular complexity index is 504. The molecule has 2 nitrogen and oxygen atoms in total. The maximum absolute atomic E-state index is 12.4. The van der Waals surface area contributed by atoms with Gasteiger partial charge in [-0.1, -0.05) is 55.0 Å². The molecule has 0 saturated heterocycles. The highest BCUT2D eigenvalue weighted by atomic mass is 35.5. The molecule has 0 fully saturated rings. The van der Waals surface area contributed by atoms with Gasteiger partial charge in [-0.3, -0.25) is 4.79 Å². The minimum Gasteiger partial charge on any atom is -0.323 e. The van der Waals surface area contributed by atoms with Crippen LogP contribution in [0, 0.1) is 0 Å². The fourth-order valence-corrected chi connectivity index (χ4v) is 2.53. The molecule has 94 valence electrons. The first-order valence-electron chi connectivity index (χ1n) is 6.02. The Morgan fingerprint density at radius 3 is 2.56 bits per heavy atom. The third-order valence-electron chi connectivity index (χ3n) is 3.42. The molecule has 0 spiro atoms. The number of ketones is 1. The zero-order valence-corrected chi connectivity index (χ0v) is 11.0. The zero-order valence-electron chi connectivity index (χ0n) is 10.3. The molecule has 2 N–H and O–H groups in total. The maximum Gasteiger partial charge on any atom is 0.148 e. The van der Waals surface area contributed by atoms with E-state index in [1.54, 1.807) is 12.1 Å². The number of carbonyl (C=O) groups excluding carboxylic acids is 1. The molecular weight excluding hydrogens is 246 g/mol. The highest BCUT2D eigenvalue weighted by molar-refractivity contribution is 6.30. The SMILES string of the molecule is CCC(=O)C1(c2ccc(Cl)cc2)C=CC=CC1N. The minimum absolute atomic E-state index is 0.123. The minimum atomic E-state index is -0.756. The van der Waals surface area contributed by atoms with Gasteiger partial charge in [0.2, 0.25) is 0 Å². The van der Waals surface area contributed by atoms with Gasteiger partial charge >= 0.3 is 0 Å². The van der Waals surface area contributed by atoms with Gasteiger partial charge in [-0.25, -0.2) is 0 Å². The van der Waals surface area contributed by atoms with Gasteiger partial charge in [0.05, 0.1) is 5.41 Å². The quantitative estimate of drug-likeness (QED) is 0.909. The molecule has 0 aliphatic heterocycles. The number of carbonyl (C=O) groups is 1. The predicted molar refractivity (Wildman–Crippen MR) is 74.7 cm³/mol. The van der Waals surface area contributed by atoms with Crippen molar-refractivity contribution in [2.45, 2.75) is 24.8 Å². The van der Waals surface area contributed by atoms with E-state index in [1.165, 1.54) is 0 Å². The number of benzene rings is 1. The van der Waals surface area contributed by atoms with Crippen molar-refractivity contribution in [2.75, 3.05) is 0 Å². The average Bonchev–Trinajstić information content (AvgIpc) is 2.40. The predicted octanol–water partition coefficient (Wildman–Crippen LogP) is 3.01. The molecule has 2 rings (SSSR count). The van der Waals surface area contributed by atoms with Gasteiger partial charge in [-0.15, -0.1) is 0 Å². The van der Waals surface area contributed by atoms with Crippen LogP contribution in [0.3, 0.4) is 0 Å². The Kier molecular flexibility index (Phi) is 3.69. The number of allylic oxidation sites excluding steroid dienone is 2. The lowest BCUT2D eigenvalue weighted by Gasteiger charge is -2.35. The van der Waals surface area contributed by atoms with Crippen LogP contribution >= 0.6 is 11.6 Å². The van der Waals surface area contributed by atoms with Crippen LogP contribution in [0.5, 0.6) is 0 Å². The standard InChI is InChI=1S/C15H16ClNO/c1-2-14(18)15(10-4-3-5-13(15)17)11-6-8-12(16)9-7-11/h3-10,13H,2,17H2,1H3. The molecule has 2 unspecified atom stereocenters. The van der Waals surface area contributed by atoms with E-state index < -0.39 is 5.41 Å². The van der Waals surface area contributed by atoms with Gasteiger partial charge in [0.25, 0.3) is 0 Å². The molecule has 0 heterocycles. The molecule has 1 aliphatic carbocycles. The smallest absolute Gasteiger partial charge is 0.148 e. The molecule has 0 saturated carbocycles. The number of rotatable bonds is 3. The molecule has 2 atom stereocenters. The molecule has 1 aliphatic rings. The summed E-state index contributed by atoms with van der Waals surface area (Å²) in [5.74, 6) is 0.123. The van der Waals surface area contributed by atoms with E-state index in [4.69, 9.17) is 17.3 Å². The van der Waals surface area contributed by atoms with Crippen molar-refractivity contribution in [3.8, 4) is 0 Å². The molecule has 0 radical (unpaired) electrons. The van der Waals surface area contributed by atoms with E-state index in [0.29, 0.717) is 11.4 Å². The zero-order chi connectivity index (χ0) is 13.2. The van der Waals surface area contributed by atoms with Crippen LogP contribution in [-0.2, 0) is 10.2 Å². The van der Waals surface area contributed by atoms with Crippen molar-refractivity contribution in [3.05, 3.63) is 59.2 Å². The Labute approximate surface area is 112 Å². The Morgan fingerprint density at radius 2 is 2.00 bits per heavy atom. The molecule has 1 aromatic rings. The van der Waals surface area contributed by atoms with E-state index in [1.807, 2.05) is 43.4 Å². The lowest BCUT2D eigenvalue weighted by atomic mass is 9.68. The van der Waals surface area contributed by atoms with Gasteiger partial charge in [0.1, 0.15) is 5.78 Å². The van der Waals surface area contributed by atoms with Gasteiger partial charge < -0.3 is 5.73 Å². The second-order valence-corrected chi connectivity index (χ2v) is 4.86. The molecule has 0 bridgehead atoms. The summed E-state index contributed by atoms with van der Waals surface area (Å²) in [4.78, 5) is 12.4. The van der Waals surface area contributed by atoms with E-state index in [2.05, 4.69) is 0 Å². The van der Waals surface area contributed by atoms with Crippen LogP contribution in [0.2, 0.25) is 5.02 Å². The third-order valence-corrected chi connectivity index (χ3v) is 3.67. The topological polar surface area (TPSA) is 43.1 Å². The molecule has 3 heteroatoms. The Balaban J connectivity index is 2.56. The van der Waals surface area contributed by atoms with Crippen molar-refractivity contribution < 1.29 is 4.79 Å². The summed E-state index contributed by atoms with van der Waals surface area (Å²) in [6.45, 7) is 1.86. The van der Waals surface area contributed by atoms with E-state index >= 15 is 0 Å². The summed E-state index contributed by atoms with van der Waals surface area (Å²) in [6.07, 6.45) is 7.97. The van der Waals surface area contributed by atoms with Crippen molar-refractivity contribution in [2.24, 2.45) is 5.73 Å². The van der Waals surface area contributed by atoms with Crippen LogP contribution in [-0.4, -0.2) is 11.8 Å². The fourth-order valence-electron chi connectivity index (χ4n) is 2.40. The van der Waals surface area contributed by atoms with Crippen LogP contribution in [0.15, 0.2) is 48.6 Å². The number of hydrogen-bond donors (Lipinski definition) is 1. The lowest BCUT2D eigenvalue weighted by molar-refractivity contribution is -0.123. The van der Waals surface area contributed by atoms with Crippen LogP contribution in [0.4, 0.5) is 0 Å². The summed E-state index contributed by atoms with van der Waals surface area (Å²) < 4.78 is 0. The second-order valence-electron chi connectivity index (χ2n) is 4.42. The van der Waals surface area contributed by atoms with Gasteiger partial charge in [-0.2, -0.15) is 0 Å². The normalized spacial score (nSPS) is 26.3. The van der Waals surface area contributed by atoms with Gasteiger partial charge in [0, 0.05) is 17.5 Å². The van der Waals surface area contributed by atoms with Gasteiger partial charge in [0.15, 0.2) is 0 Å². The molecule has 0 aromatic heterocycles. The first-order valence-corrected chi connectivity index (χ1v) is 6.40. The summed E-state index contributed by atoms with van der Waals surface area (Å²) in [6, 6.07) is 7.00. The first kappa shape index (κ1) is 13.1. The first-order chi connectivity index (χ1) is 8.61. The molecule has 0 amide bonds. The van der Waals surface area contributed by atoms with Crippen molar-refractivity contribution >= 4 is 17.4 Å². The number of Topliss-reactive ketones (excluding diaryl/α,β-unsaturated/α-hetero) is 1. The molecule has 1 aromatic carbocycles. The van der Waals surface area contributed by atoms with E-state index in [9.17, 15) is 4.79 Å². The maximum atomic E-state index is 12.4. The van der Waals surface area contributed by atoms with Crippen molar-refractivity contribution in [3.63, 3.8) is 0 Å². The van der Waals surface area contributed by atoms with E-state index in [-0.39, 0.29) is 11.8 Å². The Morgan fingerprint density at radius 1 is 1.33 bits per heavy atom. The van der Waals surface area contributed by atoms with Crippen LogP contribution in [0.25, 0.3) is 0 Å². The largest absolute Gasteiger partial charge is 0.323 e. The third kappa shape index (κ3) is 2.02. The number of nitrogens with two attached hydrogens (primary N) is 1. The average molecular weight is 262 g/mol. The molecular formula is C15H16ClNO. The van der Waals surface area contributed by atoms with Crippen LogP contribution < -0.4 is 5.73 Å². The number of hydrogen-bond acceptors (Lipinski definition) is 2. The Hall–Kier alpha value is -1.38. The monoisotopic (exact) mass is 261 g/mol. The lowest BCUT2D eigenvalue weighted by Crippen LogP contribution is -2.49. The highest BCUT2D eigenvalue weighted by Gasteiger charge is 2.41.